The van der Waals surface area contributed by atoms with E-state index in [2.05, 4.69) is 25.8 Å². The minimum Gasteiger partial charge on any atom is -0.337 e. The number of anilines is 1. The molecule has 0 fully saturated rings. The van der Waals surface area contributed by atoms with Gasteiger partial charge in [-0.05, 0) is 48.0 Å². The zero-order valence-electron chi connectivity index (χ0n) is 10.1. The van der Waals surface area contributed by atoms with Crippen molar-refractivity contribution in [3.05, 3.63) is 39.7 Å². The minimum atomic E-state index is -3.84. The van der Waals surface area contributed by atoms with Crippen molar-refractivity contribution in [3.63, 3.8) is 0 Å². The topological polar surface area (TPSA) is 72.2 Å². The summed E-state index contributed by atoms with van der Waals surface area (Å²) in [5.74, 6) is -0.483. The number of benzene rings is 1. The predicted octanol–water partition coefficient (Wildman–Crippen LogP) is 2.99. The van der Waals surface area contributed by atoms with Crippen molar-refractivity contribution in [2.45, 2.75) is 18.7 Å². The average molecular weight is 349 g/mol. The summed E-state index contributed by atoms with van der Waals surface area (Å²) in [6.45, 7) is 3.38. The second kappa shape index (κ2) is 4.93. The van der Waals surface area contributed by atoms with E-state index in [1.54, 1.807) is 13.8 Å². The molecule has 0 unspecified atom stereocenters. The van der Waals surface area contributed by atoms with Crippen molar-refractivity contribution >= 4 is 31.8 Å². The molecule has 1 heterocycles. The summed E-state index contributed by atoms with van der Waals surface area (Å²) in [6, 6.07) is 3.41. The molecule has 0 aliphatic heterocycles. The molecule has 8 heteroatoms. The lowest BCUT2D eigenvalue weighted by atomic mass is 10.3. The Bertz CT molecular complexity index is 728. The number of hydrogen-bond donors (Lipinski definition) is 1. The molecule has 19 heavy (non-hydrogen) atoms. The average Bonchev–Trinajstić information content (AvgIpc) is 2.64. The van der Waals surface area contributed by atoms with Gasteiger partial charge in [0, 0.05) is 5.56 Å². The van der Waals surface area contributed by atoms with E-state index in [0.717, 1.165) is 6.07 Å². The van der Waals surface area contributed by atoms with Gasteiger partial charge in [0.2, 0.25) is 5.88 Å². The molecule has 0 saturated heterocycles. The molecule has 0 saturated carbocycles. The number of rotatable bonds is 3. The number of sulfonamides is 1. The summed E-state index contributed by atoms with van der Waals surface area (Å²) in [5.41, 5.74) is 1.20. The molecular weight excluding hydrogens is 339 g/mol. The Hall–Kier alpha value is -1.41. The zero-order chi connectivity index (χ0) is 14.2. The van der Waals surface area contributed by atoms with Gasteiger partial charge in [-0.25, -0.2) is 17.5 Å². The Kier molecular flexibility index (Phi) is 3.64. The molecule has 102 valence electrons. The maximum Gasteiger partial charge on any atom is 0.264 e. The Balaban J connectivity index is 2.37. The Morgan fingerprint density at radius 3 is 2.58 bits per heavy atom. The third kappa shape index (κ3) is 2.79. The van der Waals surface area contributed by atoms with Gasteiger partial charge in [-0.2, -0.15) is 0 Å². The zero-order valence-corrected chi connectivity index (χ0v) is 12.5. The van der Waals surface area contributed by atoms with E-state index in [-0.39, 0.29) is 15.3 Å². The predicted molar refractivity (Wildman–Crippen MR) is 70.9 cm³/mol. The molecule has 1 N–H and O–H groups in total. The van der Waals surface area contributed by atoms with Crippen molar-refractivity contribution in [1.29, 1.82) is 0 Å². The molecule has 0 radical (unpaired) electrons. The molecule has 1 aromatic carbocycles. The van der Waals surface area contributed by atoms with E-state index in [1.165, 1.54) is 12.1 Å². The summed E-state index contributed by atoms with van der Waals surface area (Å²) in [7, 11) is -3.84. The first-order chi connectivity index (χ1) is 8.81. The van der Waals surface area contributed by atoms with E-state index in [0.29, 0.717) is 11.3 Å². The summed E-state index contributed by atoms with van der Waals surface area (Å²) >= 11 is 2.94. The molecule has 2 aromatic rings. The van der Waals surface area contributed by atoms with Crippen LogP contribution < -0.4 is 4.72 Å². The maximum atomic E-state index is 13.1. The first-order valence-corrected chi connectivity index (χ1v) is 7.49. The van der Waals surface area contributed by atoms with Gasteiger partial charge in [-0.1, -0.05) is 5.16 Å². The van der Waals surface area contributed by atoms with Crippen LogP contribution in [0.5, 0.6) is 0 Å². The lowest BCUT2D eigenvalue weighted by molar-refractivity contribution is 0.430. The summed E-state index contributed by atoms with van der Waals surface area (Å²) in [6.07, 6.45) is 0. The molecule has 0 spiro atoms. The Labute approximate surface area is 118 Å². The quantitative estimate of drug-likeness (QED) is 0.925. The highest BCUT2D eigenvalue weighted by Crippen LogP contribution is 2.24. The van der Waals surface area contributed by atoms with Gasteiger partial charge in [0.15, 0.2) is 0 Å². The van der Waals surface area contributed by atoms with Crippen molar-refractivity contribution in [1.82, 2.24) is 5.16 Å². The van der Waals surface area contributed by atoms with Crippen LogP contribution in [-0.4, -0.2) is 13.6 Å². The van der Waals surface area contributed by atoms with E-state index in [1.807, 2.05) is 0 Å². The van der Waals surface area contributed by atoms with Gasteiger partial charge in [0.05, 0.1) is 15.1 Å². The molecule has 0 amide bonds. The molecule has 0 atom stereocenters. The van der Waals surface area contributed by atoms with Crippen molar-refractivity contribution < 1.29 is 17.3 Å². The van der Waals surface area contributed by atoms with Crippen LogP contribution in [0.3, 0.4) is 0 Å². The van der Waals surface area contributed by atoms with Crippen molar-refractivity contribution in [2.75, 3.05) is 4.72 Å². The Morgan fingerprint density at radius 1 is 1.37 bits per heavy atom. The normalized spacial score (nSPS) is 11.6. The van der Waals surface area contributed by atoms with Crippen molar-refractivity contribution in [3.8, 4) is 0 Å². The monoisotopic (exact) mass is 348 g/mol. The second-order valence-corrected chi connectivity index (χ2v) is 6.44. The summed E-state index contributed by atoms with van der Waals surface area (Å²) in [5, 5.41) is 3.65. The highest BCUT2D eigenvalue weighted by atomic mass is 79.9. The number of aryl methyl sites for hydroxylation is 1. The van der Waals surface area contributed by atoms with Gasteiger partial charge in [0.25, 0.3) is 10.0 Å². The van der Waals surface area contributed by atoms with Crippen LogP contribution in [0.1, 0.15) is 11.3 Å². The standard InChI is InChI=1S/C11H10BrFN2O3S/c1-6-7(2)14-18-11(6)15-19(16,17)8-3-4-10(13)9(12)5-8/h3-5,15H,1-2H3. The SMILES string of the molecule is Cc1noc(NS(=O)(=O)c2ccc(F)c(Br)c2)c1C. The minimum absolute atomic E-state index is 0.0537. The van der Waals surface area contributed by atoms with Crippen LogP contribution in [0.25, 0.3) is 0 Å². The van der Waals surface area contributed by atoms with Crippen LogP contribution in [0, 0.1) is 19.7 Å². The van der Waals surface area contributed by atoms with Gasteiger partial charge < -0.3 is 4.52 Å². The fraction of sp³-hybridized carbons (Fsp3) is 0.182. The Morgan fingerprint density at radius 2 is 2.05 bits per heavy atom. The molecule has 0 aliphatic carbocycles. The van der Waals surface area contributed by atoms with Crippen LogP contribution in [0.4, 0.5) is 10.3 Å². The largest absolute Gasteiger partial charge is 0.337 e. The third-order valence-corrected chi connectivity index (χ3v) is 4.52. The molecular formula is C11H10BrFN2O3S. The van der Waals surface area contributed by atoms with Gasteiger partial charge in [-0.15, -0.1) is 0 Å². The van der Waals surface area contributed by atoms with Gasteiger partial charge >= 0.3 is 0 Å². The number of halogens is 2. The third-order valence-electron chi connectivity index (χ3n) is 2.59. The maximum absolute atomic E-state index is 13.1. The fourth-order valence-corrected chi connectivity index (χ4v) is 2.94. The number of hydrogen-bond acceptors (Lipinski definition) is 4. The van der Waals surface area contributed by atoms with E-state index >= 15 is 0 Å². The number of aromatic nitrogens is 1. The summed E-state index contributed by atoms with van der Waals surface area (Å²) < 4.78 is 44.5. The number of nitrogens with one attached hydrogen (secondary N) is 1. The van der Waals surface area contributed by atoms with E-state index in [9.17, 15) is 12.8 Å². The van der Waals surface area contributed by atoms with E-state index in [4.69, 9.17) is 4.52 Å². The molecule has 2 rings (SSSR count). The number of nitrogens with zero attached hydrogens (tertiary/aromatic N) is 1. The highest BCUT2D eigenvalue weighted by Gasteiger charge is 2.20. The first-order valence-electron chi connectivity index (χ1n) is 5.22. The highest BCUT2D eigenvalue weighted by molar-refractivity contribution is 9.10. The van der Waals surface area contributed by atoms with Gasteiger partial charge in [0.1, 0.15) is 5.82 Å². The van der Waals surface area contributed by atoms with Crippen LogP contribution >= 0.6 is 15.9 Å². The fourth-order valence-electron chi connectivity index (χ4n) is 1.34. The van der Waals surface area contributed by atoms with Crippen LogP contribution in [-0.2, 0) is 10.0 Å². The van der Waals surface area contributed by atoms with Crippen molar-refractivity contribution in [2.24, 2.45) is 0 Å². The van der Waals surface area contributed by atoms with Crippen LogP contribution in [0.2, 0.25) is 0 Å². The van der Waals surface area contributed by atoms with E-state index < -0.39 is 15.8 Å². The lowest BCUT2D eigenvalue weighted by Crippen LogP contribution is -2.13. The molecule has 1 aromatic heterocycles. The smallest absolute Gasteiger partial charge is 0.264 e. The molecule has 0 aliphatic rings. The second-order valence-electron chi connectivity index (χ2n) is 3.90. The molecule has 0 bridgehead atoms. The van der Waals surface area contributed by atoms with Crippen LogP contribution in [0.15, 0.2) is 32.1 Å². The molecule has 5 nitrogen and oxygen atoms in total. The lowest BCUT2D eigenvalue weighted by Gasteiger charge is -2.06. The van der Waals surface area contributed by atoms with Gasteiger partial charge in [-0.3, -0.25) is 0 Å². The first kappa shape index (κ1) is 14.0. The summed E-state index contributed by atoms with van der Waals surface area (Å²) in [4.78, 5) is -0.0748.